The Labute approximate surface area is 63.7 Å². The highest BCUT2D eigenvalue weighted by molar-refractivity contribution is 6.63. The van der Waals surface area contributed by atoms with Crippen molar-refractivity contribution in [2.75, 3.05) is 6.61 Å². The van der Waals surface area contributed by atoms with Crippen LogP contribution in [0.2, 0.25) is 0 Å². The van der Waals surface area contributed by atoms with Gasteiger partial charge in [0.05, 0.1) is 0 Å². The Morgan fingerprint density at radius 3 is 1.38 bits per heavy atom. The molecule has 0 unspecified atom stereocenters. The molecule has 8 heavy (non-hydrogen) atoms. The van der Waals surface area contributed by atoms with Gasteiger partial charge >= 0.3 is 0 Å². The smallest absolute Gasteiger partial charge is 0.180 e. The van der Waals surface area contributed by atoms with Gasteiger partial charge < -0.3 is 10.6 Å². The lowest BCUT2D eigenvalue weighted by Gasteiger charge is -1.69. The second-order valence-corrected chi connectivity index (χ2v) is 2.54. The van der Waals surface area contributed by atoms with E-state index in [4.69, 9.17) is 39.9 Å². The number of aliphatic hydroxyl groups excluding tert-OH is 1. The van der Waals surface area contributed by atoms with Gasteiger partial charge in [0.15, 0.2) is 4.30 Å². The molecule has 0 aliphatic rings. The second kappa shape index (κ2) is 15.7. The molecule has 2 nitrogen and oxygen atoms in total. The highest BCUT2D eigenvalue weighted by atomic mass is 35.6. The van der Waals surface area contributed by atoms with Gasteiger partial charge in [-0.25, -0.2) is 0 Å². The van der Waals surface area contributed by atoms with Crippen molar-refractivity contribution in [1.82, 2.24) is 0 Å². The van der Waals surface area contributed by atoms with Crippen molar-refractivity contribution in [3.63, 3.8) is 0 Å². The van der Waals surface area contributed by atoms with Crippen molar-refractivity contribution in [2.45, 2.75) is 11.2 Å². The average Bonchev–Trinajstić information content (AvgIpc) is 1.33. The van der Waals surface area contributed by atoms with Crippen molar-refractivity contribution in [1.29, 1.82) is 0 Å². The molecule has 0 rings (SSSR count). The largest absolute Gasteiger partial charge is 0.412 e. The lowest BCUT2D eigenvalue weighted by molar-refractivity contribution is 0.318. The first-order valence-corrected chi connectivity index (χ1v) is 2.99. The molecule has 0 fully saturated rings. The van der Waals surface area contributed by atoms with Crippen LogP contribution < -0.4 is 0 Å². The van der Waals surface area contributed by atoms with Gasteiger partial charge in [0.1, 0.15) is 0 Å². The Bertz CT molecular complexity index is 23.7. The molecule has 0 saturated heterocycles. The molecule has 0 aromatic carbocycles. The fourth-order valence-corrected chi connectivity index (χ4v) is 0. The molecule has 0 aromatic heterocycles. The molecule has 0 bridgehead atoms. The summed E-state index contributed by atoms with van der Waals surface area (Å²) in [6.07, 6.45) is 0. The van der Waals surface area contributed by atoms with Crippen molar-refractivity contribution in [2.24, 2.45) is 0 Å². The number of aliphatic hydroxyl groups is 1. The minimum absolute atomic E-state index is 0. The van der Waals surface area contributed by atoms with E-state index in [1.807, 2.05) is 0 Å². The number of hydrogen-bond acceptors (Lipinski definition) is 1. The Hall–Kier alpha value is 0.790. The van der Waals surface area contributed by atoms with Gasteiger partial charge in [-0.3, -0.25) is 0 Å². The Balaban J connectivity index is -0.0000000575. The highest BCUT2D eigenvalue weighted by Gasteiger charge is 1.78. The molecule has 0 atom stereocenters. The maximum absolute atomic E-state index is 7.57. The lowest BCUT2D eigenvalue weighted by Crippen LogP contribution is -1.57. The van der Waals surface area contributed by atoms with Gasteiger partial charge in [0, 0.05) is 6.61 Å². The SMILES string of the molecule is CCO.ClC(Cl)Cl.O. The summed E-state index contributed by atoms with van der Waals surface area (Å²) in [7, 11) is 0. The standard InChI is InChI=1S/C2H6O.CHCl3.H2O/c1-2-3;2-1(3)4;/h3H,2H2,1H3;1H;1H2. The monoisotopic (exact) mass is 182 g/mol. The molecule has 54 valence electrons. The summed E-state index contributed by atoms with van der Waals surface area (Å²) in [6, 6.07) is 0. The number of rotatable bonds is 0. The molecule has 0 amide bonds. The zero-order valence-electron chi connectivity index (χ0n) is 4.37. The van der Waals surface area contributed by atoms with Gasteiger partial charge in [-0.05, 0) is 6.92 Å². The summed E-state index contributed by atoms with van der Waals surface area (Å²) in [5.74, 6) is 0. The fraction of sp³-hybridized carbons (Fsp3) is 1.00. The van der Waals surface area contributed by atoms with Gasteiger partial charge in [-0.1, -0.05) is 34.8 Å². The third-order valence-electron chi connectivity index (χ3n) is 0. The molecule has 0 aromatic rings. The van der Waals surface area contributed by atoms with Crippen molar-refractivity contribution in [3.05, 3.63) is 0 Å². The maximum atomic E-state index is 7.57. The van der Waals surface area contributed by atoms with Crippen molar-refractivity contribution in [3.8, 4) is 0 Å². The van der Waals surface area contributed by atoms with Crippen LogP contribution in [0.3, 0.4) is 0 Å². The van der Waals surface area contributed by atoms with E-state index in [0.29, 0.717) is 0 Å². The molecule has 0 heterocycles. The third-order valence-corrected chi connectivity index (χ3v) is 0. The normalized spacial score (nSPS) is 6.75. The molecule has 0 aliphatic carbocycles. The van der Waals surface area contributed by atoms with Crippen LogP contribution in [0.4, 0.5) is 0 Å². The van der Waals surface area contributed by atoms with Crippen LogP contribution in [0.15, 0.2) is 0 Å². The average molecular weight is 183 g/mol. The summed E-state index contributed by atoms with van der Waals surface area (Å²) < 4.78 is -0.750. The fourth-order valence-electron chi connectivity index (χ4n) is 0. The molecular weight excluding hydrogens is 174 g/mol. The van der Waals surface area contributed by atoms with E-state index in [1.54, 1.807) is 6.92 Å². The van der Waals surface area contributed by atoms with Crippen LogP contribution in [-0.2, 0) is 0 Å². The van der Waals surface area contributed by atoms with E-state index in [1.165, 1.54) is 0 Å². The molecule has 0 aliphatic heterocycles. The predicted octanol–water partition coefficient (Wildman–Crippen LogP) is 1.16. The molecule has 0 radical (unpaired) electrons. The Morgan fingerprint density at radius 1 is 1.38 bits per heavy atom. The summed E-state index contributed by atoms with van der Waals surface area (Å²) >= 11 is 14.4. The third kappa shape index (κ3) is 365. The van der Waals surface area contributed by atoms with Crippen molar-refractivity contribution < 1.29 is 10.6 Å². The minimum Gasteiger partial charge on any atom is -0.412 e. The van der Waals surface area contributed by atoms with Crippen molar-refractivity contribution >= 4 is 34.8 Å². The predicted molar refractivity (Wildman–Crippen MR) is 37.7 cm³/mol. The van der Waals surface area contributed by atoms with E-state index >= 15 is 0 Å². The molecule has 3 N–H and O–H groups in total. The van der Waals surface area contributed by atoms with E-state index in [9.17, 15) is 0 Å². The van der Waals surface area contributed by atoms with Crippen LogP contribution in [0.25, 0.3) is 0 Å². The Kier molecular flexibility index (Phi) is 31.1. The van der Waals surface area contributed by atoms with E-state index in [-0.39, 0.29) is 12.1 Å². The van der Waals surface area contributed by atoms with Crippen LogP contribution in [0.5, 0.6) is 0 Å². The van der Waals surface area contributed by atoms with Crippen LogP contribution >= 0.6 is 34.8 Å². The highest BCUT2D eigenvalue weighted by Crippen LogP contribution is 2.03. The summed E-state index contributed by atoms with van der Waals surface area (Å²) in [5.41, 5.74) is 0. The summed E-state index contributed by atoms with van der Waals surface area (Å²) in [4.78, 5) is 0. The first kappa shape index (κ1) is 15.9. The number of alkyl halides is 3. The van der Waals surface area contributed by atoms with Gasteiger partial charge in [0.25, 0.3) is 0 Å². The lowest BCUT2D eigenvalue weighted by atomic mass is 10.9. The van der Waals surface area contributed by atoms with Crippen LogP contribution in [0.1, 0.15) is 6.92 Å². The summed E-state index contributed by atoms with van der Waals surface area (Å²) in [6.45, 7) is 1.93. The van der Waals surface area contributed by atoms with Crippen LogP contribution in [0, 0.1) is 0 Å². The second-order valence-electron chi connectivity index (χ2n) is 0.564. The molecule has 0 spiro atoms. The first-order valence-electron chi connectivity index (χ1n) is 1.68. The topological polar surface area (TPSA) is 51.7 Å². The van der Waals surface area contributed by atoms with E-state index in [2.05, 4.69) is 0 Å². The molecule has 5 heteroatoms. The molecular formula is C3H9Cl3O2. The Morgan fingerprint density at radius 2 is 1.38 bits per heavy atom. The minimum atomic E-state index is -0.750. The quantitative estimate of drug-likeness (QED) is 0.563. The van der Waals surface area contributed by atoms with Crippen LogP contribution in [-0.4, -0.2) is 21.5 Å². The molecule has 0 saturated carbocycles. The number of hydrogen-bond donors (Lipinski definition) is 1. The zero-order valence-corrected chi connectivity index (χ0v) is 6.63. The van der Waals surface area contributed by atoms with Gasteiger partial charge in [-0.2, -0.15) is 0 Å². The maximum Gasteiger partial charge on any atom is 0.180 e. The summed E-state index contributed by atoms with van der Waals surface area (Å²) in [5, 5.41) is 7.57. The van der Waals surface area contributed by atoms with Gasteiger partial charge in [0.2, 0.25) is 0 Å². The number of halogens is 3. The van der Waals surface area contributed by atoms with E-state index < -0.39 is 4.30 Å². The first-order chi connectivity index (χ1) is 3.15. The zero-order chi connectivity index (χ0) is 6.28. The van der Waals surface area contributed by atoms with E-state index in [0.717, 1.165) is 0 Å². The van der Waals surface area contributed by atoms with Gasteiger partial charge in [-0.15, -0.1) is 0 Å².